The Kier molecular flexibility index (Phi) is 3.98. The number of aliphatic hydroxyl groups excluding tert-OH is 1. The molecule has 0 bridgehead atoms. The van der Waals surface area contributed by atoms with Crippen LogP contribution in [0.1, 0.15) is 25.7 Å². The zero-order chi connectivity index (χ0) is 8.97. The Balaban J connectivity index is 2.13. The summed E-state index contributed by atoms with van der Waals surface area (Å²) in [7, 11) is 2.16. The predicted molar refractivity (Wildman–Crippen MR) is 49.9 cm³/mol. The third kappa shape index (κ3) is 2.73. The molecule has 0 radical (unpaired) electrons. The third-order valence-corrected chi connectivity index (χ3v) is 2.78. The van der Waals surface area contributed by atoms with Gasteiger partial charge in [-0.15, -0.1) is 0 Å². The maximum Gasteiger partial charge on any atom is 0.0663 e. The van der Waals surface area contributed by atoms with E-state index in [0.29, 0.717) is 12.6 Å². The zero-order valence-corrected chi connectivity index (χ0v) is 7.87. The fourth-order valence-electron chi connectivity index (χ4n) is 1.85. The van der Waals surface area contributed by atoms with E-state index in [1.165, 1.54) is 19.4 Å². The van der Waals surface area contributed by atoms with Crippen molar-refractivity contribution in [2.24, 2.45) is 5.73 Å². The van der Waals surface area contributed by atoms with Crippen LogP contribution in [0.25, 0.3) is 0 Å². The van der Waals surface area contributed by atoms with Crippen LogP contribution in [0.4, 0.5) is 0 Å². The van der Waals surface area contributed by atoms with Crippen molar-refractivity contribution in [1.82, 2.24) is 4.90 Å². The average molecular weight is 172 g/mol. The molecule has 12 heavy (non-hydrogen) atoms. The molecule has 2 atom stereocenters. The quantitative estimate of drug-likeness (QED) is 0.636. The van der Waals surface area contributed by atoms with Gasteiger partial charge in [0.1, 0.15) is 0 Å². The van der Waals surface area contributed by atoms with Crippen molar-refractivity contribution in [2.75, 3.05) is 20.1 Å². The standard InChI is InChI=1S/C9H20N2O/c1-11-6-2-3-8(11)4-5-9(12)7-10/h8-9,12H,2-7,10H2,1H3. The van der Waals surface area contributed by atoms with Crippen LogP contribution in [-0.4, -0.2) is 42.3 Å². The first kappa shape index (κ1) is 9.96. The van der Waals surface area contributed by atoms with E-state index in [1.807, 2.05) is 0 Å². The van der Waals surface area contributed by atoms with Crippen molar-refractivity contribution in [3.05, 3.63) is 0 Å². The Hall–Kier alpha value is -0.120. The SMILES string of the molecule is CN1CCCC1CCC(O)CN. The van der Waals surface area contributed by atoms with E-state index in [-0.39, 0.29) is 6.10 Å². The molecule has 0 saturated carbocycles. The number of likely N-dealkylation sites (tertiary alicyclic amines) is 1. The first-order valence-corrected chi connectivity index (χ1v) is 4.82. The molecule has 0 aromatic carbocycles. The molecule has 2 unspecified atom stereocenters. The van der Waals surface area contributed by atoms with E-state index in [9.17, 15) is 5.11 Å². The monoisotopic (exact) mass is 172 g/mol. The van der Waals surface area contributed by atoms with Crippen LogP contribution in [-0.2, 0) is 0 Å². The summed E-state index contributed by atoms with van der Waals surface area (Å²) >= 11 is 0. The van der Waals surface area contributed by atoms with Crippen LogP contribution in [0, 0.1) is 0 Å². The summed E-state index contributed by atoms with van der Waals surface area (Å²) < 4.78 is 0. The first-order chi connectivity index (χ1) is 5.74. The van der Waals surface area contributed by atoms with Crippen molar-refractivity contribution in [3.8, 4) is 0 Å². The van der Waals surface area contributed by atoms with Gasteiger partial charge in [0.15, 0.2) is 0 Å². The molecule has 0 spiro atoms. The largest absolute Gasteiger partial charge is 0.392 e. The van der Waals surface area contributed by atoms with Crippen LogP contribution in [0.15, 0.2) is 0 Å². The van der Waals surface area contributed by atoms with Gasteiger partial charge in [-0.05, 0) is 39.3 Å². The highest BCUT2D eigenvalue weighted by Crippen LogP contribution is 2.19. The molecule has 1 heterocycles. The number of rotatable bonds is 4. The molecule has 1 fully saturated rings. The molecule has 1 saturated heterocycles. The van der Waals surface area contributed by atoms with Gasteiger partial charge in [-0.25, -0.2) is 0 Å². The Morgan fingerprint density at radius 2 is 2.42 bits per heavy atom. The van der Waals surface area contributed by atoms with Gasteiger partial charge in [0.05, 0.1) is 6.10 Å². The summed E-state index contributed by atoms with van der Waals surface area (Å²) in [6.45, 7) is 1.61. The highest BCUT2D eigenvalue weighted by atomic mass is 16.3. The highest BCUT2D eigenvalue weighted by Gasteiger charge is 2.20. The highest BCUT2D eigenvalue weighted by molar-refractivity contribution is 4.77. The van der Waals surface area contributed by atoms with E-state index in [4.69, 9.17) is 5.73 Å². The molecule has 1 aliphatic heterocycles. The summed E-state index contributed by atoms with van der Waals surface area (Å²) in [5.74, 6) is 0. The Morgan fingerprint density at radius 3 is 2.92 bits per heavy atom. The number of hydrogen-bond donors (Lipinski definition) is 2. The van der Waals surface area contributed by atoms with Gasteiger partial charge in [-0.3, -0.25) is 0 Å². The van der Waals surface area contributed by atoms with Crippen LogP contribution in [0.2, 0.25) is 0 Å². The van der Waals surface area contributed by atoms with Crippen molar-refractivity contribution in [2.45, 2.75) is 37.8 Å². The minimum absolute atomic E-state index is 0.293. The van der Waals surface area contributed by atoms with Gasteiger partial charge in [0, 0.05) is 12.6 Å². The molecule has 0 amide bonds. The van der Waals surface area contributed by atoms with Crippen LogP contribution in [0.5, 0.6) is 0 Å². The van der Waals surface area contributed by atoms with E-state index in [1.54, 1.807) is 0 Å². The summed E-state index contributed by atoms with van der Waals surface area (Å²) in [6.07, 6.45) is 4.24. The second-order valence-electron chi connectivity index (χ2n) is 3.74. The fourth-order valence-corrected chi connectivity index (χ4v) is 1.85. The molecule has 1 aliphatic rings. The maximum atomic E-state index is 9.26. The minimum atomic E-state index is -0.293. The topological polar surface area (TPSA) is 49.5 Å². The zero-order valence-electron chi connectivity index (χ0n) is 7.87. The van der Waals surface area contributed by atoms with Gasteiger partial charge >= 0.3 is 0 Å². The van der Waals surface area contributed by atoms with E-state index >= 15 is 0 Å². The molecular weight excluding hydrogens is 152 g/mol. The van der Waals surface area contributed by atoms with Crippen LogP contribution >= 0.6 is 0 Å². The lowest BCUT2D eigenvalue weighted by molar-refractivity contribution is 0.155. The fraction of sp³-hybridized carbons (Fsp3) is 1.00. The maximum absolute atomic E-state index is 9.26. The smallest absolute Gasteiger partial charge is 0.0663 e. The molecule has 0 aliphatic carbocycles. The van der Waals surface area contributed by atoms with E-state index < -0.39 is 0 Å². The Morgan fingerprint density at radius 1 is 1.67 bits per heavy atom. The third-order valence-electron chi connectivity index (χ3n) is 2.78. The predicted octanol–water partition coefficient (Wildman–Crippen LogP) is 0.180. The van der Waals surface area contributed by atoms with Gasteiger partial charge in [-0.1, -0.05) is 0 Å². The summed E-state index contributed by atoms with van der Waals surface area (Å²) in [6, 6.07) is 0.686. The number of nitrogens with zero attached hydrogens (tertiary/aromatic N) is 1. The van der Waals surface area contributed by atoms with Crippen molar-refractivity contribution in [3.63, 3.8) is 0 Å². The summed E-state index contributed by atoms with van der Waals surface area (Å²) in [5, 5.41) is 9.26. The molecule has 72 valence electrons. The Labute approximate surface area is 74.5 Å². The van der Waals surface area contributed by atoms with Crippen LogP contribution in [0.3, 0.4) is 0 Å². The van der Waals surface area contributed by atoms with E-state index in [0.717, 1.165) is 12.8 Å². The van der Waals surface area contributed by atoms with Gasteiger partial charge in [0.2, 0.25) is 0 Å². The van der Waals surface area contributed by atoms with Gasteiger partial charge in [0.25, 0.3) is 0 Å². The van der Waals surface area contributed by atoms with Crippen LogP contribution < -0.4 is 5.73 Å². The average Bonchev–Trinajstić information content (AvgIpc) is 2.47. The number of hydrogen-bond acceptors (Lipinski definition) is 3. The lowest BCUT2D eigenvalue weighted by Gasteiger charge is -2.20. The van der Waals surface area contributed by atoms with Gasteiger partial charge < -0.3 is 15.7 Å². The summed E-state index contributed by atoms with van der Waals surface area (Å²) in [5.41, 5.74) is 5.33. The second kappa shape index (κ2) is 4.80. The van der Waals surface area contributed by atoms with Gasteiger partial charge in [-0.2, -0.15) is 0 Å². The van der Waals surface area contributed by atoms with Crippen molar-refractivity contribution >= 4 is 0 Å². The summed E-state index contributed by atoms with van der Waals surface area (Å²) in [4.78, 5) is 2.38. The van der Waals surface area contributed by atoms with Crippen molar-refractivity contribution in [1.29, 1.82) is 0 Å². The number of aliphatic hydroxyl groups is 1. The first-order valence-electron chi connectivity index (χ1n) is 4.82. The van der Waals surface area contributed by atoms with E-state index in [2.05, 4.69) is 11.9 Å². The molecule has 3 N–H and O–H groups in total. The minimum Gasteiger partial charge on any atom is -0.392 e. The van der Waals surface area contributed by atoms with Crippen molar-refractivity contribution < 1.29 is 5.11 Å². The molecule has 3 nitrogen and oxygen atoms in total. The molecule has 0 aromatic rings. The molecule has 3 heteroatoms. The molecule has 1 rings (SSSR count). The Bertz CT molecular complexity index is 130. The molecule has 0 aromatic heterocycles. The number of nitrogens with two attached hydrogens (primary N) is 1. The molecular formula is C9H20N2O. The lowest BCUT2D eigenvalue weighted by atomic mass is 10.1. The normalized spacial score (nSPS) is 27.8. The lowest BCUT2D eigenvalue weighted by Crippen LogP contribution is -2.28. The second-order valence-corrected chi connectivity index (χ2v) is 3.74.